The molecule has 2 atom stereocenters. The molecular formula is C25H22O. The van der Waals surface area contributed by atoms with E-state index in [-0.39, 0.29) is 0 Å². The zero-order valence-corrected chi connectivity index (χ0v) is 14.9. The summed E-state index contributed by atoms with van der Waals surface area (Å²) >= 11 is 0. The Kier molecular flexibility index (Phi) is 3.49. The fourth-order valence-electron chi connectivity index (χ4n) is 4.18. The molecule has 4 aromatic rings. The molecule has 5 rings (SSSR count). The number of hydrogen-bond acceptors (Lipinski definition) is 1. The van der Waals surface area contributed by atoms with E-state index in [1.54, 1.807) is 6.07 Å². The Morgan fingerprint density at radius 2 is 1.31 bits per heavy atom. The Morgan fingerprint density at radius 3 is 2.08 bits per heavy atom. The summed E-state index contributed by atoms with van der Waals surface area (Å²) < 4.78 is 0. The van der Waals surface area contributed by atoms with Crippen LogP contribution in [0.5, 0.6) is 5.75 Å². The molecule has 1 fully saturated rings. The van der Waals surface area contributed by atoms with Crippen molar-refractivity contribution in [2.45, 2.75) is 31.6 Å². The van der Waals surface area contributed by atoms with Crippen LogP contribution in [0.25, 0.3) is 21.5 Å². The molecule has 26 heavy (non-hydrogen) atoms. The van der Waals surface area contributed by atoms with Crippen molar-refractivity contribution in [1.29, 1.82) is 0 Å². The van der Waals surface area contributed by atoms with Gasteiger partial charge >= 0.3 is 0 Å². The van der Waals surface area contributed by atoms with Gasteiger partial charge in [0.2, 0.25) is 0 Å². The monoisotopic (exact) mass is 338 g/mol. The third-order valence-corrected chi connectivity index (χ3v) is 5.83. The van der Waals surface area contributed by atoms with Gasteiger partial charge in [-0.05, 0) is 75.0 Å². The van der Waals surface area contributed by atoms with Crippen LogP contribution in [0.4, 0.5) is 0 Å². The van der Waals surface area contributed by atoms with Gasteiger partial charge in [-0.2, -0.15) is 0 Å². The Hall–Kier alpha value is -2.80. The molecule has 0 aliphatic heterocycles. The van der Waals surface area contributed by atoms with Gasteiger partial charge in [-0.15, -0.1) is 0 Å². The van der Waals surface area contributed by atoms with Crippen molar-refractivity contribution in [1.82, 2.24) is 0 Å². The average Bonchev–Trinajstić information content (AvgIpc) is 3.47. The number of aryl methyl sites for hydroxylation is 1. The summed E-state index contributed by atoms with van der Waals surface area (Å²) in [5.74, 6) is 1.57. The van der Waals surface area contributed by atoms with Crippen LogP contribution in [0, 0.1) is 0 Å². The maximum absolute atomic E-state index is 9.64. The van der Waals surface area contributed by atoms with Gasteiger partial charge in [-0.25, -0.2) is 0 Å². The maximum Gasteiger partial charge on any atom is 0.116 e. The van der Waals surface area contributed by atoms with E-state index in [0.717, 1.165) is 11.8 Å². The van der Waals surface area contributed by atoms with Crippen LogP contribution in [0.3, 0.4) is 0 Å². The quantitative estimate of drug-likeness (QED) is 0.450. The second-order valence-electron chi connectivity index (χ2n) is 7.53. The van der Waals surface area contributed by atoms with Crippen molar-refractivity contribution in [3.63, 3.8) is 0 Å². The van der Waals surface area contributed by atoms with E-state index in [9.17, 15) is 5.11 Å². The Balaban J connectivity index is 1.46. The van der Waals surface area contributed by atoms with E-state index in [1.165, 1.54) is 39.3 Å². The average molecular weight is 338 g/mol. The van der Waals surface area contributed by atoms with Crippen molar-refractivity contribution in [3.8, 4) is 5.75 Å². The first-order valence-corrected chi connectivity index (χ1v) is 9.46. The molecule has 0 amide bonds. The van der Waals surface area contributed by atoms with Gasteiger partial charge in [0.15, 0.2) is 0 Å². The maximum atomic E-state index is 9.64. The molecule has 1 N–H and O–H groups in total. The molecule has 1 aliphatic rings. The summed E-state index contributed by atoms with van der Waals surface area (Å²) in [7, 11) is 0. The lowest BCUT2D eigenvalue weighted by Gasteiger charge is -2.07. The molecule has 0 aromatic heterocycles. The van der Waals surface area contributed by atoms with Crippen LogP contribution in [0.15, 0.2) is 72.8 Å². The van der Waals surface area contributed by atoms with E-state index >= 15 is 0 Å². The van der Waals surface area contributed by atoms with E-state index in [1.807, 2.05) is 12.1 Å². The molecule has 2 unspecified atom stereocenters. The fraction of sp³-hybridized carbons (Fsp3) is 0.200. The number of phenolic OH excluding ortho intramolecular Hbond substituents is 1. The highest BCUT2D eigenvalue weighted by Crippen LogP contribution is 2.55. The minimum absolute atomic E-state index is 0.331. The highest BCUT2D eigenvalue weighted by Gasteiger charge is 2.39. The lowest BCUT2D eigenvalue weighted by molar-refractivity contribution is 0.476. The standard InChI is InChI=1S/C25H22O/c1-2-16-3-4-17-5-7-21(13-22(17)11-16)25-15-24(25)20-8-6-19-14-23(26)10-9-18(19)12-20/h3-14,24-26H,2,15H2,1H3. The summed E-state index contributed by atoms with van der Waals surface area (Å²) in [4.78, 5) is 0. The second kappa shape index (κ2) is 5.88. The van der Waals surface area contributed by atoms with Crippen LogP contribution < -0.4 is 0 Å². The predicted octanol–water partition coefficient (Wildman–Crippen LogP) is 6.53. The van der Waals surface area contributed by atoms with E-state index < -0.39 is 0 Å². The molecule has 4 aromatic carbocycles. The molecule has 0 radical (unpaired) electrons. The van der Waals surface area contributed by atoms with Crippen LogP contribution in [0.2, 0.25) is 0 Å². The van der Waals surface area contributed by atoms with Gasteiger partial charge in [0.1, 0.15) is 5.75 Å². The molecule has 0 saturated heterocycles. The largest absolute Gasteiger partial charge is 0.508 e. The fourth-order valence-corrected chi connectivity index (χ4v) is 4.18. The summed E-state index contributed by atoms with van der Waals surface area (Å²) in [6.07, 6.45) is 2.31. The number of fused-ring (bicyclic) bond motifs is 2. The molecule has 1 heteroatoms. The van der Waals surface area contributed by atoms with Crippen LogP contribution >= 0.6 is 0 Å². The van der Waals surface area contributed by atoms with Crippen molar-refractivity contribution >= 4 is 21.5 Å². The third-order valence-electron chi connectivity index (χ3n) is 5.83. The summed E-state index contributed by atoms with van der Waals surface area (Å²) in [6.45, 7) is 2.21. The molecular weight excluding hydrogens is 316 g/mol. The molecule has 1 aliphatic carbocycles. The number of hydrogen-bond donors (Lipinski definition) is 1. The lowest BCUT2D eigenvalue weighted by atomic mass is 9.98. The first-order chi connectivity index (χ1) is 12.7. The summed E-state index contributed by atoms with van der Waals surface area (Å²) in [6, 6.07) is 26.0. The van der Waals surface area contributed by atoms with Crippen LogP contribution in [-0.4, -0.2) is 5.11 Å². The van der Waals surface area contributed by atoms with Crippen LogP contribution in [-0.2, 0) is 6.42 Å². The van der Waals surface area contributed by atoms with Gasteiger partial charge < -0.3 is 5.11 Å². The van der Waals surface area contributed by atoms with Crippen LogP contribution in [0.1, 0.15) is 41.9 Å². The van der Waals surface area contributed by atoms with Crippen molar-refractivity contribution in [3.05, 3.63) is 89.5 Å². The molecule has 1 saturated carbocycles. The third kappa shape index (κ3) is 2.64. The number of rotatable bonds is 3. The minimum Gasteiger partial charge on any atom is -0.508 e. The predicted molar refractivity (Wildman–Crippen MR) is 109 cm³/mol. The van der Waals surface area contributed by atoms with Crippen molar-refractivity contribution in [2.24, 2.45) is 0 Å². The second-order valence-corrected chi connectivity index (χ2v) is 7.53. The van der Waals surface area contributed by atoms with Gasteiger partial charge in [-0.3, -0.25) is 0 Å². The topological polar surface area (TPSA) is 20.2 Å². The molecule has 0 spiro atoms. The number of benzene rings is 4. The molecule has 0 heterocycles. The molecule has 1 nitrogen and oxygen atoms in total. The SMILES string of the molecule is CCc1ccc2ccc(C3CC3c3ccc4cc(O)ccc4c3)cc2c1. The Morgan fingerprint density at radius 1 is 0.692 bits per heavy atom. The van der Waals surface area contributed by atoms with Gasteiger partial charge in [0.25, 0.3) is 0 Å². The van der Waals surface area contributed by atoms with E-state index in [0.29, 0.717) is 17.6 Å². The lowest BCUT2D eigenvalue weighted by Crippen LogP contribution is -1.87. The number of aromatic hydroxyl groups is 1. The summed E-state index contributed by atoms with van der Waals surface area (Å²) in [5.41, 5.74) is 4.27. The minimum atomic E-state index is 0.331. The number of phenols is 1. The van der Waals surface area contributed by atoms with Crippen molar-refractivity contribution < 1.29 is 5.11 Å². The first kappa shape index (κ1) is 15.5. The zero-order chi connectivity index (χ0) is 17.7. The Bertz CT molecular complexity index is 1130. The zero-order valence-electron chi connectivity index (χ0n) is 14.9. The highest BCUT2D eigenvalue weighted by atomic mass is 16.3. The smallest absolute Gasteiger partial charge is 0.116 e. The van der Waals surface area contributed by atoms with E-state index in [2.05, 4.69) is 61.5 Å². The van der Waals surface area contributed by atoms with Gasteiger partial charge in [-0.1, -0.05) is 67.6 Å². The van der Waals surface area contributed by atoms with Gasteiger partial charge in [0.05, 0.1) is 0 Å². The normalized spacial score (nSPS) is 19.1. The summed E-state index contributed by atoms with van der Waals surface area (Å²) in [5, 5.41) is 14.6. The molecule has 128 valence electrons. The van der Waals surface area contributed by atoms with Gasteiger partial charge in [0, 0.05) is 0 Å². The van der Waals surface area contributed by atoms with Crippen molar-refractivity contribution in [2.75, 3.05) is 0 Å². The highest BCUT2D eigenvalue weighted by molar-refractivity contribution is 5.85. The first-order valence-electron chi connectivity index (χ1n) is 9.46. The molecule has 0 bridgehead atoms. The van der Waals surface area contributed by atoms with E-state index in [4.69, 9.17) is 0 Å². The Labute approximate surface area is 153 Å².